The van der Waals surface area contributed by atoms with Gasteiger partial charge in [0.25, 0.3) is 0 Å². The molecule has 0 aromatic heterocycles. The zero-order valence-electron chi connectivity index (χ0n) is 11.1. The third kappa shape index (κ3) is 3.59. The Morgan fingerprint density at radius 1 is 1.22 bits per heavy atom. The lowest BCUT2D eigenvalue weighted by molar-refractivity contribution is 0.328. The second-order valence-electron chi connectivity index (χ2n) is 5.05. The van der Waals surface area contributed by atoms with Crippen molar-refractivity contribution >= 4 is 23.2 Å². The second-order valence-corrected chi connectivity index (χ2v) is 5.86. The van der Waals surface area contributed by atoms with Crippen LogP contribution in [0.4, 0.5) is 4.39 Å². The van der Waals surface area contributed by atoms with Crippen molar-refractivity contribution in [3.8, 4) is 0 Å². The van der Waals surface area contributed by atoms with Crippen molar-refractivity contribution in [2.75, 3.05) is 0 Å². The highest BCUT2D eigenvalue weighted by atomic mass is 35.5. The molecule has 1 atom stereocenters. The van der Waals surface area contributed by atoms with Crippen LogP contribution >= 0.6 is 23.2 Å². The van der Waals surface area contributed by atoms with E-state index in [1.54, 1.807) is 0 Å². The average molecular weight is 292 g/mol. The van der Waals surface area contributed by atoms with Crippen molar-refractivity contribution in [1.82, 2.24) is 0 Å². The van der Waals surface area contributed by atoms with E-state index in [1.807, 2.05) is 6.92 Å². The normalized spacial score (nSPS) is 14.9. The first-order chi connectivity index (χ1) is 8.31. The summed E-state index contributed by atoms with van der Waals surface area (Å²) in [6.45, 7) is 6.16. The van der Waals surface area contributed by atoms with Gasteiger partial charge in [-0.3, -0.25) is 0 Å². The molecule has 18 heavy (non-hydrogen) atoms. The number of nitrogens with two attached hydrogens (primary N) is 1. The van der Waals surface area contributed by atoms with Crippen LogP contribution in [0.25, 0.3) is 0 Å². The lowest BCUT2D eigenvalue weighted by atomic mass is 9.82. The van der Waals surface area contributed by atoms with Gasteiger partial charge in [0, 0.05) is 10.6 Å². The van der Waals surface area contributed by atoms with Gasteiger partial charge in [-0.2, -0.15) is 0 Å². The fourth-order valence-electron chi connectivity index (χ4n) is 2.25. The lowest BCUT2D eigenvalue weighted by Gasteiger charge is -2.30. The first-order valence-corrected chi connectivity index (χ1v) is 7.01. The van der Waals surface area contributed by atoms with Crippen LogP contribution in [0.15, 0.2) is 12.1 Å². The van der Waals surface area contributed by atoms with E-state index < -0.39 is 11.4 Å². The van der Waals surface area contributed by atoms with Crippen LogP contribution in [0.1, 0.15) is 45.6 Å². The molecule has 1 aromatic carbocycles. The van der Waals surface area contributed by atoms with E-state index in [0.29, 0.717) is 16.5 Å². The monoisotopic (exact) mass is 291 g/mol. The summed E-state index contributed by atoms with van der Waals surface area (Å²) in [6, 6.07) is 2.78. The van der Waals surface area contributed by atoms with Gasteiger partial charge < -0.3 is 5.73 Å². The molecule has 1 aromatic rings. The number of benzene rings is 1. The highest BCUT2D eigenvalue weighted by Gasteiger charge is 2.27. The first kappa shape index (κ1) is 15.7. The summed E-state index contributed by atoms with van der Waals surface area (Å²) in [5, 5.41) is 0.458. The molecular weight excluding hydrogens is 272 g/mol. The van der Waals surface area contributed by atoms with Gasteiger partial charge >= 0.3 is 0 Å². The molecule has 0 bridgehead atoms. The summed E-state index contributed by atoms with van der Waals surface area (Å²) in [5.41, 5.74) is 6.30. The molecule has 0 aliphatic rings. The van der Waals surface area contributed by atoms with Crippen LogP contribution in [0, 0.1) is 11.7 Å². The molecule has 0 saturated heterocycles. The van der Waals surface area contributed by atoms with Crippen LogP contribution in [0.5, 0.6) is 0 Å². The summed E-state index contributed by atoms with van der Waals surface area (Å²) in [4.78, 5) is 0. The molecule has 1 unspecified atom stereocenters. The van der Waals surface area contributed by atoms with E-state index in [1.165, 1.54) is 12.1 Å². The molecular formula is C14H20Cl2FN. The average Bonchev–Trinajstić information content (AvgIpc) is 2.30. The highest BCUT2D eigenvalue weighted by Crippen LogP contribution is 2.35. The maximum atomic E-state index is 13.5. The second kappa shape index (κ2) is 6.23. The Labute approximate surface area is 118 Å². The molecule has 0 spiro atoms. The zero-order valence-corrected chi connectivity index (χ0v) is 12.6. The van der Waals surface area contributed by atoms with E-state index in [0.717, 1.165) is 19.3 Å². The SMILES string of the molecule is CCC(CC)CC(C)(N)c1cc(F)c(Cl)cc1Cl. The molecule has 0 heterocycles. The van der Waals surface area contributed by atoms with E-state index in [9.17, 15) is 4.39 Å². The predicted molar refractivity (Wildman–Crippen MR) is 76.6 cm³/mol. The lowest BCUT2D eigenvalue weighted by Crippen LogP contribution is -2.35. The molecule has 1 nitrogen and oxygen atoms in total. The number of hydrogen-bond donors (Lipinski definition) is 1. The van der Waals surface area contributed by atoms with Gasteiger partial charge in [-0.25, -0.2) is 4.39 Å². The summed E-state index contributed by atoms with van der Waals surface area (Å²) >= 11 is 11.8. The van der Waals surface area contributed by atoms with Crippen LogP contribution in [-0.2, 0) is 5.54 Å². The van der Waals surface area contributed by atoms with Gasteiger partial charge in [-0.05, 0) is 37.0 Å². The van der Waals surface area contributed by atoms with Crippen molar-refractivity contribution in [3.05, 3.63) is 33.6 Å². The fraction of sp³-hybridized carbons (Fsp3) is 0.571. The van der Waals surface area contributed by atoms with Crippen molar-refractivity contribution < 1.29 is 4.39 Å². The Balaban J connectivity index is 3.07. The topological polar surface area (TPSA) is 26.0 Å². The molecule has 102 valence electrons. The van der Waals surface area contributed by atoms with Crippen LogP contribution in [0.2, 0.25) is 10.0 Å². The predicted octanol–water partition coefficient (Wildman–Crippen LogP) is 5.13. The zero-order chi connectivity index (χ0) is 13.9. The maximum Gasteiger partial charge on any atom is 0.142 e. The Bertz CT molecular complexity index is 415. The van der Waals surface area contributed by atoms with E-state index in [-0.39, 0.29) is 5.02 Å². The Hall–Kier alpha value is -0.310. The van der Waals surface area contributed by atoms with E-state index >= 15 is 0 Å². The van der Waals surface area contributed by atoms with E-state index in [2.05, 4.69) is 13.8 Å². The van der Waals surface area contributed by atoms with Gasteiger partial charge in [-0.15, -0.1) is 0 Å². The summed E-state index contributed by atoms with van der Waals surface area (Å²) in [5.74, 6) is 0.0343. The molecule has 0 amide bonds. The Morgan fingerprint density at radius 2 is 1.78 bits per heavy atom. The highest BCUT2D eigenvalue weighted by molar-refractivity contribution is 6.35. The van der Waals surface area contributed by atoms with Gasteiger partial charge in [0.15, 0.2) is 0 Å². The molecule has 4 heteroatoms. The first-order valence-electron chi connectivity index (χ1n) is 6.25. The molecule has 0 radical (unpaired) electrons. The van der Waals surface area contributed by atoms with Crippen molar-refractivity contribution in [2.24, 2.45) is 11.7 Å². The number of rotatable bonds is 5. The number of halogens is 3. The molecule has 0 saturated carbocycles. The molecule has 0 aliphatic carbocycles. The molecule has 2 N–H and O–H groups in total. The third-order valence-corrected chi connectivity index (χ3v) is 4.10. The third-order valence-electron chi connectivity index (χ3n) is 3.49. The smallest absolute Gasteiger partial charge is 0.142 e. The minimum Gasteiger partial charge on any atom is -0.322 e. The van der Waals surface area contributed by atoms with E-state index in [4.69, 9.17) is 28.9 Å². The Morgan fingerprint density at radius 3 is 2.28 bits per heavy atom. The minimum atomic E-state index is -0.640. The van der Waals surface area contributed by atoms with Crippen LogP contribution in [-0.4, -0.2) is 0 Å². The summed E-state index contributed by atoms with van der Waals surface area (Å²) < 4.78 is 13.5. The van der Waals surface area contributed by atoms with Gasteiger partial charge in [0.1, 0.15) is 5.82 Å². The van der Waals surface area contributed by atoms with Gasteiger partial charge in [0.05, 0.1) is 5.02 Å². The van der Waals surface area contributed by atoms with Crippen LogP contribution < -0.4 is 5.73 Å². The maximum absolute atomic E-state index is 13.5. The van der Waals surface area contributed by atoms with Crippen molar-refractivity contribution in [2.45, 2.75) is 45.6 Å². The standard InChI is InChI=1S/C14H20Cl2FN/c1-4-9(5-2)8-14(3,18)10-6-13(17)12(16)7-11(10)15/h6-7,9H,4-5,8,18H2,1-3H3. The quantitative estimate of drug-likeness (QED) is 0.748. The van der Waals surface area contributed by atoms with Crippen molar-refractivity contribution in [3.63, 3.8) is 0 Å². The summed E-state index contributed by atoms with van der Waals surface area (Å²) in [6.07, 6.45) is 2.88. The van der Waals surface area contributed by atoms with Crippen molar-refractivity contribution in [1.29, 1.82) is 0 Å². The summed E-state index contributed by atoms with van der Waals surface area (Å²) in [7, 11) is 0. The molecule has 0 aliphatic heterocycles. The minimum absolute atomic E-state index is 0.0297. The fourth-order valence-corrected chi connectivity index (χ4v) is 2.85. The molecule has 0 fully saturated rings. The molecule has 1 rings (SSSR count). The van der Waals surface area contributed by atoms with Gasteiger partial charge in [-0.1, -0.05) is 49.9 Å². The Kier molecular flexibility index (Phi) is 5.45. The number of hydrogen-bond acceptors (Lipinski definition) is 1. The van der Waals surface area contributed by atoms with Crippen LogP contribution in [0.3, 0.4) is 0 Å². The largest absolute Gasteiger partial charge is 0.322 e. The van der Waals surface area contributed by atoms with Gasteiger partial charge in [0.2, 0.25) is 0 Å².